The van der Waals surface area contributed by atoms with Gasteiger partial charge in [0.2, 0.25) is 0 Å². The van der Waals surface area contributed by atoms with Crippen LogP contribution >= 0.6 is 34.5 Å². The Morgan fingerprint density at radius 3 is 2.77 bits per heavy atom. The molecule has 0 N–H and O–H groups in total. The van der Waals surface area contributed by atoms with E-state index in [9.17, 15) is 9.18 Å². The van der Waals surface area contributed by atoms with E-state index in [-0.39, 0.29) is 16.5 Å². The smallest absolute Gasteiger partial charge is 0.261 e. The largest absolute Gasteiger partial charge is 0.379 e. The maximum atomic E-state index is 13.5. The van der Waals surface area contributed by atoms with Gasteiger partial charge < -0.3 is 4.74 Å². The highest BCUT2D eigenvalue weighted by atomic mass is 35.5. The third kappa shape index (κ3) is 4.60. The van der Waals surface area contributed by atoms with Gasteiger partial charge in [0.25, 0.3) is 5.91 Å². The zero-order valence-electron chi connectivity index (χ0n) is 16.3. The average Bonchev–Trinajstić information content (AvgIpc) is 3.13. The van der Waals surface area contributed by atoms with Crippen molar-refractivity contribution in [1.82, 2.24) is 9.88 Å². The lowest BCUT2D eigenvalue weighted by Crippen LogP contribution is -2.43. The second-order valence-electron chi connectivity index (χ2n) is 7.10. The summed E-state index contributed by atoms with van der Waals surface area (Å²) in [6, 6.07) is 7.50. The third-order valence-electron chi connectivity index (χ3n) is 5.02. The predicted molar refractivity (Wildman–Crippen MR) is 120 cm³/mol. The molecule has 0 bridgehead atoms. The van der Waals surface area contributed by atoms with Gasteiger partial charge in [0.15, 0.2) is 5.13 Å². The molecule has 1 aromatic heterocycles. The van der Waals surface area contributed by atoms with Gasteiger partial charge in [-0.05, 0) is 42.8 Å². The number of anilines is 1. The van der Waals surface area contributed by atoms with Gasteiger partial charge in [0.1, 0.15) is 5.82 Å². The van der Waals surface area contributed by atoms with E-state index < -0.39 is 5.82 Å². The fraction of sp³-hybridized carbons (Fsp3) is 0.333. The number of hydrogen-bond acceptors (Lipinski definition) is 5. The number of halogens is 3. The topological polar surface area (TPSA) is 45.7 Å². The maximum absolute atomic E-state index is 13.5. The Bertz CT molecular complexity index is 1090. The molecule has 30 heavy (non-hydrogen) atoms. The van der Waals surface area contributed by atoms with Gasteiger partial charge in [-0.3, -0.25) is 14.6 Å². The number of amides is 1. The van der Waals surface area contributed by atoms with E-state index in [0.717, 1.165) is 34.9 Å². The van der Waals surface area contributed by atoms with Crippen molar-refractivity contribution in [3.63, 3.8) is 0 Å². The minimum Gasteiger partial charge on any atom is -0.379 e. The van der Waals surface area contributed by atoms with Crippen LogP contribution in [0.3, 0.4) is 0 Å². The first-order valence-corrected chi connectivity index (χ1v) is 11.1. The SMILES string of the molecule is Cc1cc(Cl)cc2sc(N(CCN3CCOCC3)C(=O)c3ccc(F)cc3Cl)nc12. The van der Waals surface area contributed by atoms with Crippen molar-refractivity contribution < 1.29 is 13.9 Å². The van der Waals surface area contributed by atoms with Gasteiger partial charge in [0, 0.05) is 31.2 Å². The second kappa shape index (κ2) is 9.16. The van der Waals surface area contributed by atoms with Gasteiger partial charge in [-0.2, -0.15) is 0 Å². The molecule has 1 amide bonds. The van der Waals surface area contributed by atoms with E-state index in [1.165, 1.54) is 23.5 Å². The summed E-state index contributed by atoms with van der Waals surface area (Å²) >= 11 is 13.8. The Hall–Kier alpha value is -1.77. The van der Waals surface area contributed by atoms with Crippen LogP contribution in [-0.2, 0) is 4.74 Å². The number of aromatic nitrogens is 1. The molecule has 0 radical (unpaired) electrons. The van der Waals surface area contributed by atoms with E-state index >= 15 is 0 Å². The number of aryl methyl sites for hydroxylation is 1. The van der Waals surface area contributed by atoms with E-state index in [1.54, 1.807) is 4.90 Å². The number of carbonyl (C=O) groups is 1. The van der Waals surface area contributed by atoms with Gasteiger partial charge in [0.05, 0.1) is 34.0 Å². The molecule has 1 aliphatic rings. The molecular formula is C21H20Cl2FN3O2S. The number of benzene rings is 2. The Morgan fingerprint density at radius 1 is 1.27 bits per heavy atom. The van der Waals surface area contributed by atoms with Crippen LogP contribution in [-0.4, -0.2) is 55.2 Å². The quantitative estimate of drug-likeness (QED) is 0.527. The van der Waals surface area contributed by atoms with Crippen LogP contribution in [0.15, 0.2) is 30.3 Å². The number of rotatable bonds is 5. The molecule has 2 aromatic carbocycles. The van der Waals surface area contributed by atoms with Crippen LogP contribution in [0.4, 0.5) is 9.52 Å². The zero-order valence-corrected chi connectivity index (χ0v) is 18.7. The number of nitrogens with zero attached hydrogens (tertiary/aromatic N) is 3. The van der Waals surface area contributed by atoms with Crippen molar-refractivity contribution in [1.29, 1.82) is 0 Å². The molecular weight excluding hydrogens is 448 g/mol. The summed E-state index contributed by atoms with van der Waals surface area (Å²) in [5.41, 5.74) is 2.00. The Labute approximate surface area is 188 Å². The molecule has 1 aliphatic heterocycles. The normalized spacial score (nSPS) is 14.9. The zero-order chi connectivity index (χ0) is 21.3. The number of carbonyl (C=O) groups excluding carboxylic acids is 1. The van der Waals surface area contributed by atoms with E-state index in [0.29, 0.717) is 36.5 Å². The van der Waals surface area contributed by atoms with E-state index in [2.05, 4.69) is 4.90 Å². The predicted octanol–water partition coefficient (Wildman–Crippen LogP) is 5.03. The highest BCUT2D eigenvalue weighted by Crippen LogP contribution is 2.34. The molecule has 5 nitrogen and oxygen atoms in total. The molecule has 1 saturated heterocycles. The van der Waals surface area contributed by atoms with Gasteiger partial charge in [-0.25, -0.2) is 9.37 Å². The lowest BCUT2D eigenvalue weighted by atomic mass is 10.2. The summed E-state index contributed by atoms with van der Waals surface area (Å²) in [5, 5.41) is 1.27. The van der Waals surface area contributed by atoms with Crippen LogP contribution < -0.4 is 4.90 Å². The molecule has 0 saturated carbocycles. The third-order valence-corrected chi connectivity index (χ3v) is 6.58. The van der Waals surface area contributed by atoms with Crippen molar-refractivity contribution in [3.8, 4) is 0 Å². The van der Waals surface area contributed by atoms with Crippen molar-refractivity contribution >= 4 is 55.8 Å². The van der Waals surface area contributed by atoms with Crippen LogP contribution in [0.2, 0.25) is 10.0 Å². The minimum atomic E-state index is -0.485. The van der Waals surface area contributed by atoms with Crippen molar-refractivity contribution in [2.24, 2.45) is 0 Å². The van der Waals surface area contributed by atoms with Crippen molar-refractivity contribution in [2.75, 3.05) is 44.3 Å². The molecule has 1 fully saturated rings. The molecule has 9 heteroatoms. The van der Waals surface area contributed by atoms with E-state index in [4.69, 9.17) is 32.9 Å². The Balaban J connectivity index is 1.69. The van der Waals surface area contributed by atoms with Crippen LogP contribution in [0.5, 0.6) is 0 Å². The number of hydrogen-bond donors (Lipinski definition) is 0. The monoisotopic (exact) mass is 467 g/mol. The number of thiazole rings is 1. The highest BCUT2D eigenvalue weighted by molar-refractivity contribution is 7.22. The molecule has 3 aromatic rings. The number of morpholine rings is 1. The fourth-order valence-corrected chi connectivity index (χ4v) is 5.11. The summed E-state index contributed by atoms with van der Waals surface area (Å²) in [6.45, 7) is 6.02. The molecule has 2 heterocycles. The summed E-state index contributed by atoms with van der Waals surface area (Å²) < 4.78 is 19.8. The molecule has 4 rings (SSSR count). The summed E-state index contributed by atoms with van der Waals surface area (Å²) in [4.78, 5) is 22.0. The van der Waals surface area contributed by atoms with Crippen LogP contribution in [0.1, 0.15) is 15.9 Å². The molecule has 0 aliphatic carbocycles. The standard InChI is InChI=1S/C21H20Cl2FN3O2S/c1-13-10-14(22)11-18-19(13)25-21(30-18)27(5-4-26-6-8-29-9-7-26)20(28)16-3-2-15(24)12-17(16)23/h2-3,10-12H,4-9H2,1H3. The minimum absolute atomic E-state index is 0.0803. The summed E-state index contributed by atoms with van der Waals surface area (Å²) in [6.07, 6.45) is 0. The molecule has 158 valence electrons. The number of fused-ring (bicyclic) bond motifs is 1. The maximum Gasteiger partial charge on any atom is 0.261 e. The summed E-state index contributed by atoms with van der Waals surface area (Å²) in [5.74, 6) is -0.794. The van der Waals surface area contributed by atoms with Crippen molar-refractivity contribution in [3.05, 3.63) is 57.3 Å². The first kappa shape index (κ1) is 21.5. The van der Waals surface area contributed by atoms with Gasteiger partial charge in [-0.15, -0.1) is 0 Å². The molecule has 0 unspecified atom stereocenters. The van der Waals surface area contributed by atoms with Gasteiger partial charge >= 0.3 is 0 Å². The van der Waals surface area contributed by atoms with Crippen LogP contribution in [0, 0.1) is 12.7 Å². The summed E-state index contributed by atoms with van der Waals surface area (Å²) in [7, 11) is 0. The van der Waals surface area contributed by atoms with Crippen molar-refractivity contribution in [2.45, 2.75) is 6.92 Å². The highest BCUT2D eigenvalue weighted by Gasteiger charge is 2.25. The van der Waals surface area contributed by atoms with E-state index in [1.807, 2.05) is 19.1 Å². The number of ether oxygens (including phenoxy) is 1. The Morgan fingerprint density at radius 2 is 2.03 bits per heavy atom. The Kier molecular flexibility index (Phi) is 6.55. The lowest BCUT2D eigenvalue weighted by Gasteiger charge is -2.29. The first-order chi connectivity index (χ1) is 14.4. The molecule has 0 atom stereocenters. The first-order valence-electron chi connectivity index (χ1n) is 9.56. The average molecular weight is 468 g/mol. The van der Waals surface area contributed by atoms with Crippen LogP contribution in [0.25, 0.3) is 10.2 Å². The molecule has 0 spiro atoms. The van der Waals surface area contributed by atoms with Gasteiger partial charge in [-0.1, -0.05) is 34.5 Å². The lowest BCUT2D eigenvalue weighted by molar-refractivity contribution is 0.0391. The second-order valence-corrected chi connectivity index (χ2v) is 8.95. The fourth-order valence-electron chi connectivity index (χ4n) is 3.42.